The van der Waals surface area contributed by atoms with Crippen LogP contribution < -0.4 is 5.32 Å². The lowest BCUT2D eigenvalue weighted by Gasteiger charge is -2.34. The minimum absolute atomic E-state index is 0. The second kappa shape index (κ2) is 18.2. The predicted molar refractivity (Wildman–Crippen MR) is 116 cm³/mol. The molecule has 0 bridgehead atoms. The molecule has 0 unspecified atom stereocenters. The first kappa shape index (κ1) is 25.8. The van der Waals surface area contributed by atoms with E-state index in [0.29, 0.717) is 19.3 Å². The predicted octanol–water partition coefficient (Wildman–Crippen LogP) is 2.14. The number of piperidine rings is 1. The van der Waals surface area contributed by atoms with Crippen LogP contribution in [0.1, 0.15) is 32.6 Å². The minimum atomic E-state index is 0. The van der Waals surface area contributed by atoms with Crippen molar-refractivity contribution in [2.45, 2.75) is 38.7 Å². The van der Waals surface area contributed by atoms with Gasteiger partial charge in [-0.3, -0.25) is 4.99 Å². The Morgan fingerprint density at radius 3 is 2.38 bits per heavy atom. The molecule has 7 nitrogen and oxygen atoms in total. The van der Waals surface area contributed by atoms with E-state index >= 15 is 0 Å². The Morgan fingerprint density at radius 2 is 1.73 bits per heavy atom. The lowest BCUT2D eigenvalue weighted by atomic mass is 10.1. The number of hydrogen-bond acceptors (Lipinski definition) is 5. The van der Waals surface area contributed by atoms with Crippen LogP contribution in [0.2, 0.25) is 0 Å². The average Bonchev–Trinajstić information content (AvgIpc) is 2.64. The van der Waals surface area contributed by atoms with Crippen molar-refractivity contribution in [1.29, 1.82) is 0 Å². The Hall–Kier alpha value is -0.160. The highest BCUT2D eigenvalue weighted by molar-refractivity contribution is 14.0. The molecule has 0 radical (unpaired) electrons. The number of nitrogens with one attached hydrogen (secondary N) is 1. The molecule has 1 fully saturated rings. The third-order valence-corrected chi connectivity index (χ3v) is 4.06. The first-order valence-corrected chi connectivity index (χ1v) is 9.52. The number of ether oxygens (including phenoxy) is 4. The summed E-state index contributed by atoms with van der Waals surface area (Å²) < 4.78 is 21.4. The number of methoxy groups -OCH3 is 2. The number of nitrogens with zero attached hydrogens (tertiary/aromatic N) is 2. The summed E-state index contributed by atoms with van der Waals surface area (Å²) in [6.07, 6.45) is 4.37. The molecule has 156 valence electrons. The summed E-state index contributed by atoms with van der Waals surface area (Å²) in [7, 11) is 3.41. The largest absolute Gasteiger partial charge is 0.385 e. The van der Waals surface area contributed by atoms with Gasteiger partial charge >= 0.3 is 0 Å². The Morgan fingerprint density at radius 1 is 1.00 bits per heavy atom. The van der Waals surface area contributed by atoms with Gasteiger partial charge < -0.3 is 29.2 Å². The fraction of sp³-hybridized carbons (Fsp3) is 0.944. The van der Waals surface area contributed by atoms with Gasteiger partial charge in [0.05, 0.1) is 19.3 Å². The zero-order chi connectivity index (χ0) is 18.2. The van der Waals surface area contributed by atoms with Crippen LogP contribution in [0, 0.1) is 0 Å². The summed E-state index contributed by atoms with van der Waals surface area (Å²) in [5, 5.41) is 3.40. The van der Waals surface area contributed by atoms with Gasteiger partial charge in [0, 0.05) is 60.2 Å². The molecule has 0 saturated carbocycles. The van der Waals surface area contributed by atoms with E-state index in [2.05, 4.69) is 17.1 Å². The molecule has 0 aromatic heterocycles. The number of aliphatic imine (C=N–C) groups is 1. The maximum absolute atomic E-state index is 5.92. The van der Waals surface area contributed by atoms with Crippen LogP contribution in [0.3, 0.4) is 0 Å². The Balaban J connectivity index is 0.00000625. The Kier molecular flexibility index (Phi) is 18.1. The molecule has 0 atom stereocenters. The van der Waals surface area contributed by atoms with E-state index in [-0.39, 0.29) is 24.0 Å². The van der Waals surface area contributed by atoms with E-state index < -0.39 is 0 Å². The van der Waals surface area contributed by atoms with Crippen LogP contribution in [0.25, 0.3) is 0 Å². The van der Waals surface area contributed by atoms with E-state index in [0.717, 1.165) is 77.6 Å². The smallest absolute Gasteiger partial charge is 0.193 e. The van der Waals surface area contributed by atoms with Gasteiger partial charge in [-0.15, -0.1) is 24.0 Å². The summed E-state index contributed by atoms with van der Waals surface area (Å²) in [5.74, 6) is 1.01. The maximum Gasteiger partial charge on any atom is 0.193 e. The van der Waals surface area contributed by atoms with Crippen LogP contribution in [0.4, 0.5) is 0 Å². The summed E-state index contributed by atoms with van der Waals surface area (Å²) in [5.41, 5.74) is 0. The van der Waals surface area contributed by atoms with Gasteiger partial charge in [-0.2, -0.15) is 0 Å². The fourth-order valence-electron chi connectivity index (χ4n) is 2.71. The molecule has 1 aliphatic rings. The number of likely N-dealkylation sites (tertiary alicyclic amines) is 1. The number of rotatable bonds is 13. The van der Waals surface area contributed by atoms with Crippen molar-refractivity contribution in [3.05, 3.63) is 0 Å². The van der Waals surface area contributed by atoms with Gasteiger partial charge in [0.25, 0.3) is 0 Å². The van der Waals surface area contributed by atoms with Crippen molar-refractivity contribution < 1.29 is 18.9 Å². The van der Waals surface area contributed by atoms with Crippen molar-refractivity contribution in [2.24, 2.45) is 4.99 Å². The fourth-order valence-corrected chi connectivity index (χ4v) is 2.71. The van der Waals surface area contributed by atoms with Crippen LogP contribution in [0.15, 0.2) is 4.99 Å². The zero-order valence-corrected chi connectivity index (χ0v) is 19.0. The zero-order valence-electron chi connectivity index (χ0n) is 16.7. The van der Waals surface area contributed by atoms with Gasteiger partial charge in [0.2, 0.25) is 0 Å². The molecule has 0 spiro atoms. The van der Waals surface area contributed by atoms with Gasteiger partial charge in [0.1, 0.15) is 0 Å². The minimum Gasteiger partial charge on any atom is -0.385 e. The quantitative estimate of drug-likeness (QED) is 0.186. The molecule has 0 amide bonds. The number of halogens is 1. The van der Waals surface area contributed by atoms with Gasteiger partial charge in [-0.1, -0.05) is 0 Å². The number of hydrogen-bond donors (Lipinski definition) is 1. The highest BCUT2D eigenvalue weighted by Crippen LogP contribution is 2.14. The second-order valence-corrected chi connectivity index (χ2v) is 6.10. The third kappa shape index (κ3) is 12.3. The van der Waals surface area contributed by atoms with Gasteiger partial charge in [-0.25, -0.2) is 0 Å². The molecule has 1 rings (SSSR count). The molecule has 1 saturated heterocycles. The average molecular weight is 487 g/mol. The molecule has 1 heterocycles. The lowest BCUT2D eigenvalue weighted by Crippen LogP contribution is -2.47. The number of guanidine groups is 1. The first-order chi connectivity index (χ1) is 12.3. The molecule has 0 aromatic rings. The molecule has 1 N–H and O–H groups in total. The van der Waals surface area contributed by atoms with Crippen molar-refractivity contribution >= 4 is 29.9 Å². The van der Waals surface area contributed by atoms with Crippen LogP contribution in [-0.2, 0) is 18.9 Å². The molecular formula is C18H38IN3O4. The highest BCUT2D eigenvalue weighted by Gasteiger charge is 2.21. The van der Waals surface area contributed by atoms with Crippen molar-refractivity contribution in [3.63, 3.8) is 0 Å². The standard InChI is InChI=1S/C18H37N3O4.HI/c1-4-19-18(20-9-5-13-24-16-15-23-3)21-10-7-17(8-11-21)25-14-6-12-22-2;/h17H,4-16H2,1-3H3,(H,19,20);1H. The van der Waals surface area contributed by atoms with Crippen LogP contribution >= 0.6 is 24.0 Å². The molecule has 0 aliphatic carbocycles. The van der Waals surface area contributed by atoms with E-state index in [1.807, 2.05) is 0 Å². The monoisotopic (exact) mass is 487 g/mol. The molecular weight excluding hydrogens is 449 g/mol. The van der Waals surface area contributed by atoms with E-state index in [1.165, 1.54) is 0 Å². The summed E-state index contributed by atoms with van der Waals surface area (Å²) >= 11 is 0. The SMILES string of the molecule is CCNC(=NCCCOCCOC)N1CCC(OCCCOC)CC1.I. The molecule has 0 aromatic carbocycles. The van der Waals surface area contributed by atoms with Crippen molar-refractivity contribution in [3.8, 4) is 0 Å². The summed E-state index contributed by atoms with van der Waals surface area (Å²) in [4.78, 5) is 7.07. The van der Waals surface area contributed by atoms with E-state index in [9.17, 15) is 0 Å². The van der Waals surface area contributed by atoms with Crippen molar-refractivity contribution in [1.82, 2.24) is 10.2 Å². The first-order valence-electron chi connectivity index (χ1n) is 9.52. The van der Waals surface area contributed by atoms with E-state index in [4.69, 9.17) is 23.9 Å². The van der Waals surface area contributed by atoms with Gasteiger partial charge in [-0.05, 0) is 32.6 Å². The Bertz CT molecular complexity index is 340. The van der Waals surface area contributed by atoms with Crippen LogP contribution in [0.5, 0.6) is 0 Å². The lowest BCUT2D eigenvalue weighted by molar-refractivity contribution is 0.00990. The Labute approximate surface area is 176 Å². The topological polar surface area (TPSA) is 64.6 Å². The summed E-state index contributed by atoms with van der Waals surface area (Å²) in [6.45, 7) is 9.34. The van der Waals surface area contributed by atoms with Crippen LogP contribution in [-0.4, -0.2) is 90.4 Å². The van der Waals surface area contributed by atoms with Crippen molar-refractivity contribution in [2.75, 3.05) is 73.4 Å². The normalized spacial score (nSPS) is 15.8. The summed E-state index contributed by atoms with van der Waals surface area (Å²) in [6, 6.07) is 0. The highest BCUT2D eigenvalue weighted by atomic mass is 127. The van der Waals surface area contributed by atoms with E-state index in [1.54, 1.807) is 14.2 Å². The molecule has 1 aliphatic heterocycles. The second-order valence-electron chi connectivity index (χ2n) is 6.10. The maximum atomic E-state index is 5.92. The molecule has 8 heteroatoms. The molecule has 26 heavy (non-hydrogen) atoms. The third-order valence-electron chi connectivity index (χ3n) is 4.06. The van der Waals surface area contributed by atoms with Gasteiger partial charge in [0.15, 0.2) is 5.96 Å².